The van der Waals surface area contributed by atoms with E-state index in [4.69, 9.17) is 4.74 Å². The van der Waals surface area contributed by atoms with Crippen molar-refractivity contribution in [3.05, 3.63) is 77.1 Å². The Kier molecular flexibility index (Phi) is 6.37. The Hall–Kier alpha value is -3.12. The van der Waals surface area contributed by atoms with E-state index in [-0.39, 0.29) is 12.0 Å². The van der Waals surface area contributed by atoms with Crippen LogP contribution in [-0.4, -0.2) is 46.3 Å². The maximum absolute atomic E-state index is 12.6. The molecule has 0 aliphatic carbocycles. The van der Waals surface area contributed by atoms with Gasteiger partial charge in [-0.25, -0.2) is 4.68 Å². The highest BCUT2D eigenvalue weighted by Gasteiger charge is 2.20. The fourth-order valence-electron chi connectivity index (χ4n) is 4.17. The summed E-state index contributed by atoms with van der Waals surface area (Å²) in [4.78, 5) is 15.0. The number of fused-ring (bicyclic) bond motifs is 1. The minimum absolute atomic E-state index is 0.0262. The van der Waals surface area contributed by atoms with Crippen LogP contribution < -0.4 is 10.1 Å². The molecule has 3 aromatic rings. The lowest BCUT2D eigenvalue weighted by molar-refractivity contribution is -0.120. The van der Waals surface area contributed by atoms with Crippen LogP contribution in [0.2, 0.25) is 0 Å². The number of rotatable bonds is 6. The lowest BCUT2D eigenvalue weighted by atomic mass is 10.1. The van der Waals surface area contributed by atoms with Gasteiger partial charge in [0, 0.05) is 43.0 Å². The second-order valence-electron chi connectivity index (χ2n) is 8.19. The Morgan fingerprint density at radius 3 is 2.68 bits per heavy atom. The number of nitrogens with one attached hydrogen (secondary N) is 1. The number of hydrogen-bond donors (Lipinski definition) is 1. The first-order valence-corrected chi connectivity index (χ1v) is 10.9. The Labute approximate surface area is 183 Å². The molecule has 2 aromatic carbocycles. The van der Waals surface area contributed by atoms with Gasteiger partial charge in [-0.15, -0.1) is 0 Å². The van der Waals surface area contributed by atoms with Crippen molar-refractivity contribution in [1.29, 1.82) is 0 Å². The average Bonchev–Trinajstić information content (AvgIpc) is 2.93. The lowest BCUT2D eigenvalue weighted by Crippen LogP contribution is -2.38. The SMILES string of the molecule is Cc1nn(-c2ccccc2)c(C)c1CC(=O)NCCN1Cc2ccccc2OC(C)C1. The van der Waals surface area contributed by atoms with Crippen LogP contribution in [0.5, 0.6) is 5.75 Å². The number of benzene rings is 2. The highest BCUT2D eigenvalue weighted by molar-refractivity contribution is 5.79. The van der Waals surface area contributed by atoms with Crippen LogP contribution in [0.1, 0.15) is 29.4 Å². The first kappa shape index (κ1) is 21.1. The molecular formula is C25H30N4O2. The van der Waals surface area contributed by atoms with Crippen molar-refractivity contribution in [1.82, 2.24) is 20.0 Å². The molecule has 1 atom stereocenters. The maximum Gasteiger partial charge on any atom is 0.224 e. The molecule has 4 rings (SSSR count). The van der Waals surface area contributed by atoms with Gasteiger partial charge in [-0.3, -0.25) is 9.69 Å². The third-order valence-corrected chi connectivity index (χ3v) is 5.74. The van der Waals surface area contributed by atoms with Crippen molar-refractivity contribution >= 4 is 5.91 Å². The number of carbonyl (C=O) groups excluding carboxylic acids is 1. The van der Waals surface area contributed by atoms with E-state index in [0.717, 1.165) is 48.0 Å². The number of para-hydroxylation sites is 2. The zero-order chi connectivity index (χ0) is 21.8. The zero-order valence-electron chi connectivity index (χ0n) is 18.5. The molecule has 2 heterocycles. The van der Waals surface area contributed by atoms with Gasteiger partial charge < -0.3 is 10.1 Å². The summed E-state index contributed by atoms with van der Waals surface area (Å²) in [6, 6.07) is 18.2. The second kappa shape index (κ2) is 9.35. The van der Waals surface area contributed by atoms with Crippen LogP contribution >= 0.6 is 0 Å². The standard InChI is InChI=1S/C25H30N4O2/c1-18-16-28(17-21-9-7-8-12-24(21)31-18)14-13-26-25(30)15-23-19(2)27-29(20(23)3)22-10-5-4-6-11-22/h4-12,18H,13-17H2,1-3H3,(H,26,30). The molecule has 1 amide bonds. The van der Waals surface area contributed by atoms with Gasteiger partial charge in [0.2, 0.25) is 5.91 Å². The van der Waals surface area contributed by atoms with Gasteiger partial charge in [0.25, 0.3) is 0 Å². The van der Waals surface area contributed by atoms with Gasteiger partial charge in [0.1, 0.15) is 11.9 Å². The Morgan fingerprint density at radius 2 is 1.87 bits per heavy atom. The molecule has 1 aliphatic rings. The zero-order valence-corrected chi connectivity index (χ0v) is 18.5. The fraction of sp³-hybridized carbons (Fsp3) is 0.360. The van der Waals surface area contributed by atoms with E-state index < -0.39 is 0 Å². The van der Waals surface area contributed by atoms with E-state index in [1.165, 1.54) is 5.56 Å². The van der Waals surface area contributed by atoms with Crippen LogP contribution in [0, 0.1) is 13.8 Å². The number of hydrogen-bond acceptors (Lipinski definition) is 4. The van der Waals surface area contributed by atoms with Gasteiger partial charge >= 0.3 is 0 Å². The normalized spacial score (nSPS) is 16.3. The molecule has 162 valence electrons. The van der Waals surface area contributed by atoms with Gasteiger partial charge in [-0.1, -0.05) is 36.4 Å². The topological polar surface area (TPSA) is 59.4 Å². The molecule has 0 fully saturated rings. The summed E-state index contributed by atoms with van der Waals surface area (Å²) >= 11 is 0. The molecule has 0 spiro atoms. The molecular weight excluding hydrogens is 388 g/mol. The summed E-state index contributed by atoms with van der Waals surface area (Å²) in [5, 5.41) is 7.72. The van der Waals surface area contributed by atoms with Crippen LogP contribution in [-0.2, 0) is 17.8 Å². The molecule has 1 N–H and O–H groups in total. The number of amides is 1. The Balaban J connectivity index is 1.34. The number of nitrogens with zero attached hydrogens (tertiary/aromatic N) is 3. The van der Waals surface area contributed by atoms with E-state index in [9.17, 15) is 4.79 Å². The van der Waals surface area contributed by atoms with Crippen molar-refractivity contribution in [2.75, 3.05) is 19.6 Å². The van der Waals surface area contributed by atoms with Crippen molar-refractivity contribution in [2.45, 2.75) is 39.8 Å². The molecule has 6 nitrogen and oxygen atoms in total. The molecule has 1 unspecified atom stereocenters. The fourth-order valence-corrected chi connectivity index (χ4v) is 4.17. The van der Waals surface area contributed by atoms with Gasteiger partial charge in [0.15, 0.2) is 0 Å². The second-order valence-corrected chi connectivity index (χ2v) is 8.19. The van der Waals surface area contributed by atoms with E-state index >= 15 is 0 Å². The van der Waals surface area contributed by atoms with Gasteiger partial charge in [-0.05, 0) is 39.0 Å². The first-order valence-electron chi connectivity index (χ1n) is 10.9. The first-order chi connectivity index (χ1) is 15.0. The predicted molar refractivity (Wildman–Crippen MR) is 122 cm³/mol. The summed E-state index contributed by atoms with van der Waals surface area (Å²) in [6.45, 7) is 9.14. The molecule has 1 aromatic heterocycles. The Morgan fingerprint density at radius 1 is 1.13 bits per heavy atom. The minimum atomic E-state index is 0.0262. The van der Waals surface area contributed by atoms with E-state index in [0.29, 0.717) is 13.0 Å². The monoisotopic (exact) mass is 418 g/mol. The molecule has 0 bridgehead atoms. The Bertz CT molecular complexity index is 1040. The van der Waals surface area contributed by atoms with Crippen LogP contribution in [0.15, 0.2) is 54.6 Å². The number of carbonyl (C=O) groups is 1. The predicted octanol–water partition coefficient (Wildman–Crippen LogP) is 3.43. The van der Waals surface area contributed by atoms with Gasteiger partial charge in [0.05, 0.1) is 17.8 Å². The van der Waals surface area contributed by atoms with E-state index in [1.54, 1.807) is 0 Å². The maximum atomic E-state index is 12.6. The number of aryl methyl sites for hydroxylation is 1. The molecule has 31 heavy (non-hydrogen) atoms. The molecule has 1 aliphatic heterocycles. The molecule has 0 saturated heterocycles. The highest BCUT2D eigenvalue weighted by Crippen LogP contribution is 2.24. The lowest BCUT2D eigenvalue weighted by Gasteiger charge is -2.21. The van der Waals surface area contributed by atoms with Gasteiger partial charge in [-0.2, -0.15) is 5.10 Å². The largest absolute Gasteiger partial charge is 0.489 e. The quantitative estimate of drug-likeness (QED) is 0.666. The summed E-state index contributed by atoms with van der Waals surface area (Å²) < 4.78 is 7.93. The number of ether oxygens (including phenoxy) is 1. The van der Waals surface area contributed by atoms with E-state index in [1.807, 2.05) is 67.1 Å². The van der Waals surface area contributed by atoms with Crippen molar-refractivity contribution in [3.63, 3.8) is 0 Å². The highest BCUT2D eigenvalue weighted by atomic mass is 16.5. The summed E-state index contributed by atoms with van der Waals surface area (Å²) in [5.74, 6) is 0.987. The molecule has 0 saturated carbocycles. The third-order valence-electron chi connectivity index (χ3n) is 5.74. The van der Waals surface area contributed by atoms with Crippen molar-refractivity contribution < 1.29 is 9.53 Å². The average molecular weight is 419 g/mol. The minimum Gasteiger partial charge on any atom is -0.489 e. The molecule has 0 radical (unpaired) electrons. The molecule has 6 heteroatoms. The summed E-state index contributed by atoms with van der Waals surface area (Å²) in [6.07, 6.45) is 0.459. The van der Waals surface area contributed by atoms with Crippen LogP contribution in [0.25, 0.3) is 5.69 Å². The third kappa shape index (κ3) is 4.97. The number of aromatic nitrogens is 2. The van der Waals surface area contributed by atoms with Crippen molar-refractivity contribution in [3.8, 4) is 11.4 Å². The van der Waals surface area contributed by atoms with Crippen LogP contribution in [0.4, 0.5) is 0 Å². The van der Waals surface area contributed by atoms with Crippen molar-refractivity contribution in [2.24, 2.45) is 0 Å². The smallest absolute Gasteiger partial charge is 0.224 e. The van der Waals surface area contributed by atoms with E-state index in [2.05, 4.69) is 28.3 Å². The summed E-state index contributed by atoms with van der Waals surface area (Å²) in [5.41, 5.74) is 5.10. The van der Waals surface area contributed by atoms with Crippen LogP contribution in [0.3, 0.4) is 0 Å². The summed E-state index contributed by atoms with van der Waals surface area (Å²) in [7, 11) is 0.